The first-order valence-electron chi connectivity index (χ1n) is 9.40. The number of hydrogen-bond acceptors (Lipinski definition) is 3. The number of guanidine groups is 1. The van der Waals surface area contributed by atoms with Crippen molar-refractivity contribution in [1.82, 2.24) is 15.5 Å². The molecule has 2 N–H and O–H groups in total. The summed E-state index contributed by atoms with van der Waals surface area (Å²) in [5.74, 6) is 0.922. The molecule has 0 aliphatic carbocycles. The molecule has 1 aromatic carbocycles. The van der Waals surface area contributed by atoms with Gasteiger partial charge in [0.25, 0.3) is 0 Å². The maximum absolute atomic E-state index is 5.32. The van der Waals surface area contributed by atoms with E-state index in [9.17, 15) is 0 Å². The largest absolute Gasteiger partial charge is 0.380 e. The fraction of sp³-hybridized carbons (Fsp3) is 0.650. The van der Waals surface area contributed by atoms with Gasteiger partial charge in [0.2, 0.25) is 0 Å². The van der Waals surface area contributed by atoms with Crippen molar-refractivity contribution in [2.24, 2.45) is 10.4 Å². The zero-order valence-electron chi connectivity index (χ0n) is 15.8. The summed E-state index contributed by atoms with van der Waals surface area (Å²) in [5.41, 5.74) is 3.09. The highest BCUT2D eigenvalue weighted by atomic mass is 16.5. The van der Waals surface area contributed by atoms with Gasteiger partial charge in [0.05, 0.1) is 13.2 Å². The molecule has 25 heavy (non-hydrogen) atoms. The number of aliphatic imine (C=N–C) groups is 1. The van der Waals surface area contributed by atoms with Crippen LogP contribution < -0.4 is 10.6 Å². The molecule has 1 aromatic rings. The molecule has 138 valence electrons. The van der Waals surface area contributed by atoms with E-state index in [-0.39, 0.29) is 5.41 Å². The molecular formula is C20H32N4O. The number of benzene rings is 1. The van der Waals surface area contributed by atoms with E-state index in [1.165, 1.54) is 11.1 Å². The summed E-state index contributed by atoms with van der Waals surface area (Å²) in [6, 6.07) is 9.21. The lowest BCUT2D eigenvalue weighted by molar-refractivity contribution is -0.0971. The van der Waals surface area contributed by atoms with Gasteiger partial charge in [-0.15, -0.1) is 0 Å². The first-order valence-corrected chi connectivity index (χ1v) is 9.40. The van der Waals surface area contributed by atoms with Crippen molar-refractivity contribution >= 4 is 5.96 Å². The van der Waals surface area contributed by atoms with E-state index in [4.69, 9.17) is 4.74 Å². The Kier molecular flexibility index (Phi) is 5.97. The second-order valence-corrected chi connectivity index (χ2v) is 7.85. The number of aryl methyl sites for hydroxylation is 1. The van der Waals surface area contributed by atoms with Crippen molar-refractivity contribution in [3.63, 3.8) is 0 Å². The van der Waals surface area contributed by atoms with E-state index in [2.05, 4.69) is 58.6 Å². The minimum Gasteiger partial charge on any atom is -0.380 e. The Morgan fingerprint density at radius 2 is 2.00 bits per heavy atom. The summed E-state index contributed by atoms with van der Waals surface area (Å²) in [7, 11) is 1.85. The van der Waals surface area contributed by atoms with Crippen LogP contribution in [0.4, 0.5) is 0 Å². The molecule has 3 rings (SSSR count). The lowest BCUT2D eigenvalue weighted by atomic mass is 9.89. The Hall–Kier alpha value is -1.59. The van der Waals surface area contributed by atoms with E-state index in [0.29, 0.717) is 6.04 Å². The quantitative estimate of drug-likeness (QED) is 0.635. The monoisotopic (exact) mass is 344 g/mol. The minimum atomic E-state index is 0.258. The molecule has 0 spiro atoms. The fourth-order valence-corrected chi connectivity index (χ4v) is 3.50. The predicted octanol–water partition coefficient (Wildman–Crippen LogP) is 2.16. The second kappa shape index (κ2) is 8.19. The van der Waals surface area contributed by atoms with Gasteiger partial charge in [0, 0.05) is 44.7 Å². The summed E-state index contributed by atoms with van der Waals surface area (Å²) in [5, 5.41) is 7.06. The number of nitrogens with zero attached hydrogens (tertiary/aromatic N) is 2. The molecule has 2 aliphatic rings. The standard InChI is InChI=1S/C20H32N4O/c1-16-6-4-5-7-17(16)12-24-10-8-18(9-11-24)23-19(21-3)22-13-20(2)14-25-15-20/h4-7,18H,8-15H2,1-3H3,(H2,21,22,23). The molecule has 5 nitrogen and oxygen atoms in total. The molecule has 2 heterocycles. The zero-order chi connectivity index (χ0) is 17.7. The van der Waals surface area contributed by atoms with Crippen LogP contribution in [0.5, 0.6) is 0 Å². The molecule has 0 amide bonds. The van der Waals surface area contributed by atoms with Gasteiger partial charge in [-0.1, -0.05) is 31.2 Å². The maximum Gasteiger partial charge on any atom is 0.191 e. The lowest BCUT2D eigenvalue weighted by Crippen LogP contribution is -2.53. The van der Waals surface area contributed by atoms with E-state index in [0.717, 1.165) is 58.2 Å². The molecule has 0 atom stereocenters. The van der Waals surface area contributed by atoms with Crippen LogP contribution in [0, 0.1) is 12.3 Å². The van der Waals surface area contributed by atoms with Crippen molar-refractivity contribution < 1.29 is 4.74 Å². The number of likely N-dealkylation sites (tertiary alicyclic amines) is 1. The van der Waals surface area contributed by atoms with Crippen molar-refractivity contribution in [1.29, 1.82) is 0 Å². The van der Waals surface area contributed by atoms with E-state index < -0.39 is 0 Å². The molecule has 2 fully saturated rings. The Labute approximate surface area is 151 Å². The topological polar surface area (TPSA) is 48.9 Å². The number of nitrogens with one attached hydrogen (secondary N) is 2. The first kappa shape index (κ1) is 18.2. The molecular weight excluding hydrogens is 312 g/mol. The normalized spacial score (nSPS) is 21.6. The summed E-state index contributed by atoms with van der Waals surface area (Å²) < 4.78 is 5.32. The number of piperidine rings is 1. The SMILES string of the molecule is CN=C(NCC1(C)COC1)NC1CCN(Cc2ccccc2C)CC1. The second-order valence-electron chi connectivity index (χ2n) is 7.85. The summed E-state index contributed by atoms with van der Waals surface area (Å²) in [4.78, 5) is 6.94. The first-order chi connectivity index (χ1) is 12.1. The van der Waals surface area contributed by atoms with Gasteiger partial charge in [0.15, 0.2) is 5.96 Å². The number of hydrogen-bond donors (Lipinski definition) is 2. The zero-order valence-corrected chi connectivity index (χ0v) is 15.8. The smallest absolute Gasteiger partial charge is 0.191 e. The highest BCUT2D eigenvalue weighted by molar-refractivity contribution is 5.80. The van der Waals surface area contributed by atoms with Gasteiger partial charge in [-0.2, -0.15) is 0 Å². The van der Waals surface area contributed by atoms with Crippen LogP contribution >= 0.6 is 0 Å². The third-order valence-corrected chi connectivity index (χ3v) is 5.39. The van der Waals surface area contributed by atoms with Gasteiger partial charge in [-0.25, -0.2) is 0 Å². The van der Waals surface area contributed by atoms with Crippen LogP contribution in [-0.2, 0) is 11.3 Å². The van der Waals surface area contributed by atoms with Crippen LogP contribution in [0.25, 0.3) is 0 Å². The van der Waals surface area contributed by atoms with Crippen molar-refractivity contribution in [3.05, 3.63) is 35.4 Å². The Bertz CT molecular complexity index is 589. The van der Waals surface area contributed by atoms with Crippen molar-refractivity contribution in [2.75, 3.05) is 39.9 Å². The Morgan fingerprint density at radius 1 is 1.28 bits per heavy atom. The maximum atomic E-state index is 5.32. The minimum absolute atomic E-state index is 0.258. The number of rotatable bonds is 5. The molecule has 2 aliphatic heterocycles. The Balaban J connectivity index is 1.41. The van der Waals surface area contributed by atoms with E-state index >= 15 is 0 Å². The molecule has 0 unspecified atom stereocenters. The van der Waals surface area contributed by atoms with Gasteiger partial charge in [-0.05, 0) is 30.9 Å². The molecule has 0 bridgehead atoms. The summed E-state index contributed by atoms with van der Waals surface area (Å²) in [6.45, 7) is 10.4. The fourth-order valence-electron chi connectivity index (χ4n) is 3.50. The molecule has 2 saturated heterocycles. The van der Waals surface area contributed by atoms with Crippen LogP contribution in [0.3, 0.4) is 0 Å². The Morgan fingerprint density at radius 3 is 2.60 bits per heavy atom. The predicted molar refractivity (Wildman–Crippen MR) is 103 cm³/mol. The van der Waals surface area contributed by atoms with Crippen LogP contribution in [0.15, 0.2) is 29.3 Å². The molecule has 5 heteroatoms. The van der Waals surface area contributed by atoms with Crippen LogP contribution in [0.2, 0.25) is 0 Å². The van der Waals surface area contributed by atoms with Crippen LogP contribution in [-0.4, -0.2) is 56.8 Å². The summed E-state index contributed by atoms with van der Waals surface area (Å²) in [6.07, 6.45) is 2.32. The number of ether oxygens (including phenoxy) is 1. The third-order valence-electron chi connectivity index (χ3n) is 5.39. The van der Waals surface area contributed by atoms with Gasteiger partial charge >= 0.3 is 0 Å². The van der Waals surface area contributed by atoms with Gasteiger partial charge < -0.3 is 15.4 Å². The lowest BCUT2D eigenvalue weighted by Gasteiger charge is -2.39. The molecule has 0 aromatic heterocycles. The van der Waals surface area contributed by atoms with Crippen LogP contribution in [0.1, 0.15) is 30.9 Å². The molecule has 0 saturated carbocycles. The highest BCUT2D eigenvalue weighted by Crippen LogP contribution is 2.25. The highest BCUT2D eigenvalue weighted by Gasteiger charge is 2.33. The van der Waals surface area contributed by atoms with Crippen molar-refractivity contribution in [2.45, 2.75) is 39.3 Å². The average Bonchev–Trinajstić information content (AvgIpc) is 2.60. The van der Waals surface area contributed by atoms with Gasteiger partial charge in [0.1, 0.15) is 0 Å². The average molecular weight is 345 g/mol. The molecule has 0 radical (unpaired) electrons. The van der Waals surface area contributed by atoms with Gasteiger partial charge in [-0.3, -0.25) is 9.89 Å². The van der Waals surface area contributed by atoms with Crippen molar-refractivity contribution in [3.8, 4) is 0 Å². The van der Waals surface area contributed by atoms with E-state index in [1.54, 1.807) is 0 Å². The third kappa shape index (κ3) is 4.95. The summed E-state index contributed by atoms with van der Waals surface area (Å²) >= 11 is 0. The van der Waals surface area contributed by atoms with E-state index in [1.807, 2.05) is 7.05 Å².